The van der Waals surface area contributed by atoms with Crippen molar-refractivity contribution in [3.8, 4) is 0 Å². The second-order valence-electron chi connectivity index (χ2n) is 10.4. The lowest BCUT2D eigenvalue weighted by Crippen LogP contribution is -2.52. The second-order valence-corrected chi connectivity index (χ2v) is 10.4. The van der Waals surface area contributed by atoms with Gasteiger partial charge in [-0.1, -0.05) is 19.3 Å². The molecule has 7 nitrogen and oxygen atoms in total. The zero-order valence-corrected chi connectivity index (χ0v) is 19.6. The first kappa shape index (κ1) is 21.9. The Labute approximate surface area is 193 Å². The molecule has 1 amide bonds. The minimum Gasteiger partial charge on any atom is -0.367 e. The summed E-state index contributed by atoms with van der Waals surface area (Å²) in [6.45, 7) is 6.03. The molecule has 1 aromatic heterocycles. The molecule has 1 unspecified atom stereocenters. The van der Waals surface area contributed by atoms with Gasteiger partial charge in [0.1, 0.15) is 18.0 Å². The number of amides is 1. The highest BCUT2D eigenvalue weighted by Gasteiger charge is 2.28. The SMILES string of the molecule is O=C(CCC1CCCN(c2cc(NC3CC3)ncn2)C1)N1CCN(C2CCCCC2)CC1. The summed E-state index contributed by atoms with van der Waals surface area (Å²) >= 11 is 0. The van der Waals surface area contributed by atoms with E-state index in [0.717, 1.165) is 63.4 Å². The van der Waals surface area contributed by atoms with Crippen molar-refractivity contribution in [2.24, 2.45) is 5.92 Å². The molecule has 0 aromatic carbocycles. The van der Waals surface area contributed by atoms with Crippen LogP contribution in [0.4, 0.5) is 11.6 Å². The molecule has 1 atom stereocenters. The first-order valence-electron chi connectivity index (χ1n) is 13.1. The lowest BCUT2D eigenvalue weighted by Gasteiger charge is -2.41. The summed E-state index contributed by atoms with van der Waals surface area (Å²) in [5, 5.41) is 3.48. The number of aromatic nitrogens is 2. The summed E-state index contributed by atoms with van der Waals surface area (Å²) in [6.07, 6.45) is 15.1. The van der Waals surface area contributed by atoms with E-state index in [1.54, 1.807) is 6.33 Å². The summed E-state index contributed by atoms with van der Waals surface area (Å²) in [6, 6.07) is 3.47. The monoisotopic (exact) mass is 440 g/mol. The lowest BCUT2D eigenvalue weighted by molar-refractivity contribution is -0.133. The normalized spacial score (nSPS) is 25.7. The van der Waals surface area contributed by atoms with Crippen molar-refractivity contribution < 1.29 is 4.79 Å². The highest BCUT2D eigenvalue weighted by Crippen LogP contribution is 2.28. The van der Waals surface area contributed by atoms with Gasteiger partial charge in [0.25, 0.3) is 0 Å². The molecule has 1 aromatic rings. The number of hydrogen-bond donors (Lipinski definition) is 1. The third-order valence-electron chi connectivity index (χ3n) is 7.95. The maximum absolute atomic E-state index is 12.9. The zero-order valence-electron chi connectivity index (χ0n) is 19.6. The number of carbonyl (C=O) groups excluding carboxylic acids is 1. The van der Waals surface area contributed by atoms with Crippen LogP contribution in [0.1, 0.15) is 70.6 Å². The molecular weight excluding hydrogens is 400 g/mol. The highest BCUT2D eigenvalue weighted by molar-refractivity contribution is 5.76. The van der Waals surface area contributed by atoms with E-state index < -0.39 is 0 Å². The molecule has 2 saturated heterocycles. The largest absolute Gasteiger partial charge is 0.367 e. The molecule has 1 N–H and O–H groups in total. The topological polar surface area (TPSA) is 64.6 Å². The summed E-state index contributed by atoms with van der Waals surface area (Å²) < 4.78 is 0. The third kappa shape index (κ3) is 5.72. The quantitative estimate of drug-likeness (QED) is 0.700. The molecule has 32 heavy (non-hydrogen) atoms. The third-order valence-corrected chi connectivity index (χ3v) is 7.95. The van der Waals surface area contributed by atoms with Gasteiger partial charge in [-0.2, -0.15) is 0 Å². The van der Waals surface area contributed by atoms with Gasteiger partial charge >= 0.3 is 0 Å². The van der Waals surface area contributed by atoms with Gasteiger partial charge in [-0.15, -0.1) is 0 Å². The summed E-state index contributed by atoms with van der Waals surface area (Å²) in [5.74, 6) is 2.91. The Kier molecular flexibility index (Phi) is 7.10. The second kappa shape index (κ2) is 10.4. The number of nitrogens with zero attached hydrogens (tertiary/aromatic N) is 5. The van der Waals surface area contributed by atoms with E-state index >= 15 is 0 Å². The van der Waals surface area contributed by atoms with Gasteiger partial charge in [-0.05, 0) is 50.9 Å². The Morgan fingerprint density at radius 2 is 1.75 bits per heavy atom. The Hall–Kier alpha value is -1.89. The molecule has 7 heteroatoms. The van der Waals surface area contributed by atoms with Gasteiger partial charge in [-0.25, -0.2) is 9.97 Å². The predicted molar refractivity (Wildman–Crippen MR) is 128 cm³/mol. The number of piperazine rings is 1. The van der Waals surface area contributed by atoms with Crippen molar-refractivity contribution in [1.29, 1.82) is 0 Å². The Bertz CT molecular complexity index is 755. The average Bonchev–Trinajstić information content (AvgIpc) is 3.67. The molecule has 2 aliphatic carbocycles. The lowest BCUT2D eigenvalue weighted by atomic mass is 9.92. The molecular formula is C25H40N6O. The number of rotatable bonds is 7. The molecule has 4 fully saturated rings. The van der Waals surface area contributed by atoms with Crippen molar-refractivity contribution in [1.82, 2.24) is 19.8 Å². The molecule has 2 aliphatic heterocycles. The molecule has 0 spiro atoms. The average molecular weight is 441 g/mol. The van der Waals surface area contributed by atoms with Gasteiger partial charge in [0.2, 0.25) is 5.91 Å². The predicted octanol–water partition coefficient (Wildman–Crippen LogP) is 3.52. The minimum absolute atomic E-state index is 0.364. The number of nitrogens with one attached hydrogen (secondary N) is 1. The van der Waals surface area contributed by atoms with Crippen LogP contribution in [0.2, 0.25) is 0 Å². The van der Waals surface area contributed by atoms with Crippen molar-refractivity contribution in [2.45, 2.75) is 82.7 Å². The fraction of sp³-hybridized carbons (Fsp3) is 0.800. The van der Waals surface area contributed by atoms with Crippen LogP contribution in [0.25, 0.3) is 0 Å². The fourth-order valence-corrected chi connectivity index (χ4v) is 5.81. The first-order valence-corrected chi connectivity index (χ1v) is 13.1. The molecule has 3 heterocycles. The number of carbonyl (C=O) groups is 1. The Balaban J connectivity index is 1.06. The maximum Gasteiger partial charge on any atom is 0.222 e. The van der Waals surface area contributed by atoms with Crippen LogP contribution < -0.4 is 10.2 Å². The molecule has 176 valence electrons. The summed E-state index contributed by atoms with van der Waals surface area (Å²) in [4.78, 5) is 29.0. The smallest absolute Gasteiger partial charge is 0.222 e. The summed E-state index contributed by atoms with van der Waals surface area (Å²) in [7, 11) is 0. The maximum atomic E-state index is 12.9. The fourth-order valence-electron chi connectivity index (χ4n) is 5.81. The van der Waals surface area contributed by atoms with Crippen LogP contribution in [-0.2, 0) is 4.79 Å². The molecule has 4 aliphatic rings. The van der Waals surface area contributed by atoms with Gasteiger partial charge in [0.05, 0.1) is 0 Å². The Morgan fingerprint density at radius 1 is 0.938 bits per heavy atom. The van der Waals surface area contributed by atoms with E-state index in [4.69, 9.17) is 0 Å². The van der Waals surface area contributed by atoms with Crippen molar-refractivity contribution in [3.05, 3.63) is 12.4 Å². The standard InChI is InChI=1S/C25H40N6O/c32-25(30-15-13-29(14-16-30)22-6-2-1-3-7-22)11-8-20-5-4-12-31(18-20)24-17-23(26-19-27-24)28-21-9-10-21/h17,19-22H,1-16,18H2,(H,26,27,28). The van der Waals surface area contributed by atoms with E-state index in [1.165, 1.54) is 57.8 Å². The van der Waals surface area contributed by atoms with Crippen LogP contribution in [0.5, 0.6) is 0 Å². The van der Waals surface area contributed by atoms with Gasteiger partial charge < -0.3 is 15.1 Å². The van der Waals surface area contributed by atoms with Crippen LogP contribution in [0.15, 0.2) is 12.4 Å². The number of piperidine rings is 1. The van der Waals surface area contributed by atoms with Crippen molar-refractivity contribution in [2.75, 3.05) is 49.5 Å². The molecule has 0 radical (unpaired) electrons. The van der Waals surface area contributed by atoms with E-state index in [9.17, 15) is 4.79 Å². The molecule has 0 bridgehead atoms. The minimum atomic E-state index is 0.364. The molecule has 5 rings (SSSR count). The first-order chi connectivity index (χ1) is 15.7. The van der Waals surface area contributed by atoms with Crippen LogP contribution in [-0.4, -0.2) is 77.0 Å². The van der Waals surface area contributed by atoms with E-state index in [-0.39, 0.29) is 0 Å². The zero-order chi connectivity index (χ0) is 21.8. The van der Waals surface area contributed by atoms with Crippen LogP contribution in [0.3, 0.4) is 0 Å². The molecule has 2 saturated carbocycles. The highest BCUT2D eigenvalue weighted by atomic mass is 16.2. The van der Waals surface area contributed by atoms with Crippen molar-refractivity contribution >= 4 is 17.5 Å². The Morgan fingerprint density at radius 3 is 2.53 bits per heavy atom. The number of hydrogen-bond acceptors (Lipinski definition) is 6. The van der Waals surface area contributed by atoms with Crippen LogP contribution in [0, 0.1) is 5.92 Å². The van der Waals surface area contributed by atoms with E-state index in [1.807, 2.05) is 0 Å². The van der Waals surface area contributed by atoms with E-state index in [0.29, 0.717) is 24.3 Å². The van der Waals surface area contributed by atoms with Crippen LogP contribution >= 0.6 is 0 Å². The van der Waals surface area contributed by atoms with Crippen molar-refractivity contribution in [3.63, 3.8) is 0 Å². The number of anilines is 2. The van der Waals surface area contributed by atoms with Gasteiger partial charge in [-0.3, -0.25) is 9.69 Å². The van der Waals surface area contributed by atoms with Gasteiger partial charge in [0.15, 0.2) is 0 Å². The summed E-state index contributed by atoms with van der Waals surface area (Å²) in [5.41, 5.74) is 0. The van der Waals surface area contributed by atoms with Gasteiger partial charge in [0, 0.05) is 63.8 Å². The van der Waals surface area contributed by atoms with E-state index in [2.05, 4.69) is 36.1 Å².